The van der Waals surface area contributed by atoms with Gasteiger partial charge < -0.3 is 0 Å². The first-order chi connectivity index (χ1) is 7.81. The predicted octanol–water partition coefficient (Wildman–Crippen LogP) is 4.56. The van der Waals surface area contributed by atoms with Crippen LogP contribution in [0.15, 0.2) is 60.1 Å². The second-order valence-electron chi connectivity index (χ2n) is 3.20. The highest BCUT2D eigenvalue weighted by molar-refractivity contribution is 6.27. The lowest BCUT2D eigenvalue weighted by atomic mass is 10.0. The summed E-state index contributed by atoms with van der Waals surface area (Å²) in [6.07, 6.45) is 0. The molecule has 2 aromatic carbocycles. The van der Waals surface area contributed by atoms with Crippen molar-refractivity contribution in [3.63, 3.8) is 0 Å². The predicted molar refractivity (Wildman–Crippen MR) is 66.8 cm³/mol. The normalized spacial score (nSPS) is 12.3. The quantitative estimate of drug-likeness (QED) is 0.689. The van der Waals surface area contributed by atoms with Gasteiger partial charge in [-0.3, -0.25) is 0 Å². The van der Waals surface area contributed by atoms with Gasteiger partial charge in [0, 0.05) is 5.54 Å². The Bertz CT molecular complexity index is 486. The highest BCUT2D eigenvalue weighted by atomic mass is 35.5. The zero-order chi connectivity index (χ0) is 11.4. The van der Waals surface area contributed by atoms with E-state index in [0.29, 0.717) is 6.05 Å². The second kappa shape index (κ2) is 4.81. The molecule has 0 aliphatic rings. The van der Waals surface area contributed by atoms with Crippen molar-refractivity contribution in [3.8, 4) is 11.1 Å². The molecule has 0 amide bonds. The summed E-state index contributed by atoms with van der Waals surface area (Å²) in [5.74, 6) is 0. The maximum absolute atomic E-state index is 7.57. The van der Waals surface area contributed by atoms with Crippen molar-refractivity contribution in [2.45, 2.75) is 0 Å². The first-order valence-electron chi connectivity index (χ1n) is 5.24. The highest BCUT2D eigenvalue weighted by Gasteiger charge is 1.94. The van der Waals surface area contributed by atoms with Crippen molar-refractivity contribution in [2.24, 2.45) is 0 Å². The summed E-state index contributed by atoms with van der Waals surface area (Å²) < 4.78 is 7.57. The Morgan fingerprint density at radius 1 is 0.867 bits per heavy atom. The molecule has 0 heterocycles. The van der Waals surface area contributed by atoms with Crippen molar-refractivity contribution in [2.75, 3.05) is 0 Å². The molecule has 0 bridgehead atoms. The number of benzene rings is 2. The van der Waals surface area contributed by atoms with E-state index in [9.17, 15) is 0 Å². The molecule has 0 saturated carbocycles. The molecule has 0 radical (unpaired) electrons. The molecule has 0 unspecified atom stereocenters. The van der Waals surface area contributed by atoms with Gasteiger partial charge in [0.15, 0.2) is 0 Å². The Labute approximate surface area is 96.2 Å². The first-order valence-corrected chi connectivity index (χ1v) is 5.18. The van der Waals surface area contributed by atoms with Crippen LogP contribution in [-0.4, -0.2) is 0 Å². The molecule has 0 nitrogen and oxygen atoms in total. The van der Waals surface area contributed by atoms with Gasteiger partial charge in [-0.25, -0.2) is 0 Å². The van der Waals surface area contributed by atoms with E-state index in [1.165, 1.54) is 11.1 Å². The monoisotopic (exact) mass is 215 g/mol. The fourth-order valence-corrected chi connectivity index (χ4v) is 1.58. The third-order valence-electron chi connectivity index (χ3n) is 2.21. The Kier molecular flexibility index (Phi) is 2.81. The molecule has 0 aliphatic heterocycles. The molecule has 1 heteroatoms. The SMILES string of the molecule is [2H]/C(=C/Cl)c1ccc(-c2ccccc2)cc1. The molecule has 15 heavy (non-hydrogen) atoms. The van der Waals surface area contributed by atoms with E-state index in [1.807, 2.05) is 42.5 Å². The lowest BCUT2D eigenvalue weighted by Crippen LogP contribution is -1.77. The van der Waals surface area contributed by atoms with E-state index in [1.54, 1.807) is 0 Å². The van der Waals surface area contributed by atoms with Gasteiger partial charge in [-0.05, 0) is 22.7 Å². The minimum Gasteiger partial charge on any atom is -0.0929 e. The lowest BCUT2D eigenvalue weighted by Gasteiger charge is -2.01. The summed E-state index contributed by atoms with van der Waals surface area (Å²) in [7, 11) is 0. The van der Waals surface area contributed by atoms with Crippen LogP contribution in [0, 0.1) is 0 Å². The van der Waals surface area contributed by atoms with Crippen molar-refractivity contribution in [3.05, 3.63) is 65.7 Å². The van der Waals surface area contributed by atoms with E-state index in [2.05, 4.69) is 12.1 Å². The van der Waals surface area contributed by atoms with Crippen molar-refractivity contribution in [1.82, 2.24) is 0 Å². The zero-order valence-electron chi connectivity index (χ0n) is 9.15. The maximum atomic E-state index is 7.57. The van der Waals surface area contributed by atoms with Gasteiger partial charge in [-0.1, -0.05) is 66.2 Å². The van der Waals surface area contributed by atoms with E-state index < -0.39 is 0 Å². The van der Waals surface area contributed by atoms with Crippen LogP contribution in [0.3, 0.4) is 0 Å². The fraction of sp³-hybridized carbons (Fsp3) is 0. The zero-order valence-corrected chi connectivity index (χ0v) is 8.91. The largest absolute Gasteiger partial charge is 0.0929 e. The van der Waals surface area contributed by atoms with Crippen LogP contribution in [0.5, 0.6) is 0 Å². The molecule has 0 fully saturated rings. The summed E-state index contributed by atoms with van der Waals surface area (Å²) >= 11 is 5.49. The standard InChI is InChI=1S/C14H11Cl/c15-11-10-12-6-8-14(9-7-12)13-4-2-1-3-5-13/h1-11H/b11-10-/i10D. The molecule has 2 rings (SSSR count). The topological polar surface area (TPSA) is 0 Å². The fourth-order valence-electron chi connectivity index (χ4n) is 1.45. The Morgan fingerprint density at radius 3 is 2.07 bits per heavy atom. The minimum absolute atomic E-state index is 0.335. The lowest BCUT2D eigenvalue weighted by molar-refractivity contribution is 1.60. The Morgan fingerprint density at radius 2 is 1.47 bits per heavy atom. The molecule has 0 saturated heterocycles. The summed E-state index contributed by atoms with van der Waals surface area (Å²) in [6, 6.07) is 18.3. The highest BCUT2D eigenvalue weighted by Crippen LogP contribution is 2.19. The van der Waals surface area contributed by atoms with Gasteiger partial charge in [0.05, 0.1) is 1.37 Å². The summed E-state index contributed by atoms with van der Waals surface area (Å²) in [6.45, 7) is 0. The van der Waals surface area contributed by atoms with Crippen LogP contribution >= 0.6 is 11.6 Å². The third-order valence-corrected chi connectivity index (χ3v) is 2.32. The maximum Gasteiger partial charge on any atom is 0.0638 e. The summed E-state index contributed by atoms with van der Waals surface area (Å²) in [5.41, 5.74) is 4.43. The number of hydrogen-bond donors (Lipinski definition) is 0. The molecule has 0 spiro atoms. The second-order valence-corrected chi connectivity index (χ2v) is 3.42. The molecule has 2 aromatic rings. The molecular weight excluding hydrogens is 204 g/mol. The Hall–Kier alpha value is -1.53. The average Bonchev–Trinajstić information content (AvgIpc) is 2.39. The van der Waals surface area contributed by atoms with E-state index in [4.69, 9.17) is 13.0 Å². The van der Waals surface area contributed by atoms with Crippen LogP contribution in [-0.2, 0) is 0 Å². The summed E-state index contributed by atoms with van der Waals surface area (Å²) in [5, 5.41) is 0. The van der Waals surface area contributed by atoms with Crippen molar-refractivity contribution >= 4 is 17.7 Å². The van der Waals surface area contributed by atoms with Crippen molar-refractivity contribution in [1.29, 1.82) is 0 Å². The van der Waals surface area contributed by atoms with Gasteiger partial charge in [0.25, 0.3) is 0 Å². The molecule has 0 aliphatic carbocycles. The number of rotatable bonds is 2. The molecular formula is C14H11Cl. The van der Waals surface area contributed by atoms with Crippen LogP contribution in [0.1, 0.15) is 6.93 Å². The molecule has 0 aromatic heterocycles. The molecule has 0 N–H and O–H groups in total. The van der Waals surface area contributed by atoms with Gasteiger partial charge in [-0.2, -0.15) is 0 Å². The van der Waals surface area contributed by atoms with Crippen LogP contribution in [0.2, 0.25) is 0 Å². The van der Waals surface area contributed by atoms with Crippen LogP contribution in [0.4, 0.5) is 0 Å². The first kappa shape index (κ1) is 8.75. The number of halogens is 1. The Balaban J connectivity index is 2.34. The minimum atomic E-state index is 0.335. The van der Waals surface area contributed by atoms with Crippen LogP contribution in [0.25, 0.3) is 17.2 Å². The molecule has 0 atom stereocenters. The van der Waals surface area contributed by atoms with E-state index in [-0.39, 0.29) is 0 Å². The third kappa shape index (κ3) is 2.48. The van der Waals surface area contributed by atoms with Gasteiger partial charge in [0.1, 0.15) is 0 Å². The molecule has 74 valence electrons. The average molecular weight is 216 g/mol. The van der Waals surface area contributed by atoms with Gasteiger partial charge in [0.2, 0.25) is 0 Å². The van der Waals surface area contributed by atoms with E-state index >= 15 is 0 Å². The van der Waals surface area contributed by atoms with Gasteiger partial charge in [-0.15, -0.1) is 0 Å². The van der Waals surface area contributed by atoms with Crippen LogP contribution < -0.4 is 0 Å². The van der Waals surface area contributed by atoms with Gasteiger partial charge >= 0.3 is 0 Å². The van der Waals surface area contributed by atoms with Crippen molar-refractivity contribution < 1.29 is 1.37 Å². The smallest absolute Gasteiger partial charge is 0.0638 e. The van der Waals surface area contributed by atoms with E-state index in [0.717, 1.165) is 11.1 Å². The summed E-state index contributed by atoms with van der Waals surface area (Å²) in [4.78, 5) is 0. The number of hydrogen-bond acceptors (Lipinski definition) is 0.